The van der Waals surface area contributed by atoms with E-state index in [1.54, 1.807) is 0 Å². The number of aliphatic hydroxyl groups excluding tert-OH is 1. The summed E-state index contributed by atoms with van der Waals surface area (Å²) >= 11 is 0. The van der Waals surface area contributed by atoms with Gasteiger partial charge in [-0.25, -0.2) is 8.78 Å². The zero-order valence-electron chi connectivity index (χ0n) is 11.6. The lowest BCUT2D eigenvalue weighted by molar-refractivity contribution is 0.142. The second-order valence-electron chi connectivity index (χ2n) is 6.16. The molecule has 110 valence electrons. The molecule has 0 radical (unpaired) electrons. The van der Waals surface area contributed by atoms with Crippen molar-refractivity contribution in [1.29, 1.82) is 0 Å². The zero-order chi connectivity index (χ0) is 14.1. The number of halogens is 2. The Labute approximate surface area is 118 Å². The third kappa shape index (κ3) is 2.72. The van der Waals surface area contributed by atoms with Gasteiger partial charge in [0.25, 0.3) is 0 Å². The minimum Gasteiger partial charge on any atom is -0.388 e. The first-order valence-electron chi connectivity index (χ1n) is 7.49. The summed E-state index contributed by atoms with van der Waals surface area (Å²) in [4.78, 5) is 2.36. The maximum atomic E-state index is 13.6. The van der Waals surface area contributed by atoms with Crippen molar-refractivity contribution >= 4 is 0 Å². The van der Waals surface area contributed by atoms with Gasteiger partial charge in [0.1, 0.15) is 0 Å². The van der Waals surface area contributed by atoms with Crippen molar-refractivity contribution in [1.82, 2.24) is 4.90 Å². The predicted octanol–water partition coefficient (Wildman–Crippen LogP) is 3.12. The topological polar surface area (TPSA) is 23.5 Å². The number of likely N-dealkylation sites (tertiary alicyclic amines) is 1. The van der Waals surface area contributed by atoms with E-state index in [0.29, 0.717) is 6.42 Å². The second-order valence-corrected chi connectivity index (χ2v) is 6.16. The van der Waals surface area contributed by atoms with Crippen LogP contribution < -0.4 is 0 Å². The molecule has 1 N–H and O–H groups in total. The van der Waals surface area contributed by atoms with Gasteiger partial charge in [-0.2, -0.15) is 0 Å². The summed E-state index contributed by atoms with van der Waals surface area (Å²) in [6.07, 6.45) is 3.52. The fourth-order valence-corrected chi connectivity index (χ4v) is 3.75. The van der Waals surface area contributed by atoms with Gasteiger partial charge in [-0.3, -0.25) is 0 Å². The monoisotopic (exact) mass is 281 g/mol. The Kier molecular flexibility index (Phi) is 4.03. The Morgan fingerprint density at radius 3 is 2.60 bits per heavy atom. The highest BCUT2D eigenvalue weighted by atomic mass is 19.2. The first-order valence-corrected chi connectivity index (χ1v) is 7.49. The van der Waals surface area contributed by atoms with Crippen LogP contribution in [0.2, 0.25) is 0 Å². The van der Waals surface area contributed by atoms with E-state index in [1.807, 2.05) is 0 Å². The summed E-state index contributed by atoms with van der Waals surface area (Å²) in [6, 6.07) is 3.98. The van der Waals surface area contributed by atoms with E-state index in [4.69, 9.17) is 0 Å². The number of fused-ring (bicyclic) bond motifs is 1. The highest BCUT2D eigenvalue weighted by Gasteiger charge is 2.35. The van der Waals surface area contributed by atoms with Crippen LogP contribution in [-0.4, -0.2) is 29.6 Å². The quantitative estimate of drug-likeness (QED) is 0.916. The van der Waals surface area contributed by atoms with Crippen molar-refractivity contribution in [2.24, 2.45) is 11.8 Å². The normalized spacial score (nSPS) is 27.8. The molecule has 3 rings (SSSR count). The summed E-state index contributed by atoms with van der Waals surface area (Å²) in [5.41, 5.74) is 0.0735. The lowest BCUT2D eigenvalue weighted by Gasteiger charge is -2.19. The molecule has 3 unspecified atom stereocenters. The molecule has 0 spiro atoms. The molecule has 3 atom stereocenters. The number of hydrogen-bond donors (Lipinski definition) is 1. The van der Waals surface area contributed by atoms with Crippen LogP contribution in [0.15, 0.2) is 18.2 Å². The highest BCUT2D eigenvalue weighted by Crippen LogP contribution is 2.38. The van der Waals surface area contributed by atoms with Gasteiger partial charge < -0.3 is 10.0 Å². The minimum absolute atomic E-state index is 0.0735. The van der Waals surface area contributed by atoms with Crippen LogP contribution in [-0.2, 0) is 0 Å². The van der Waals surface area contributed by atoms with Gasteiger partial charge in [0.2, 0.25) is 0 Å². The van der Waals surface area contributed by atoms with Crippen molar-refractivity contribution in [2.45, 2.75) is 31.8 Å². The number of rotatable bonds is 4. The molecular formula is C16H21F2NO. The molecule has 20 heavy (non-hydrogen) atoms. The third-order valence-electron chi connectivity index (χ3n) is 4.86. The van der Waals surface area contributed by atoms with Gasteiger partial charge in [-0.15, -0.1) is 0 Å². The second kappa shape index (κ2) is 5.78. The average molecular weight is 281 g/mol. The molecule has 1 aromatic rings. The molecular weight excluding hydrogens is 260 g/mol. The third-order valence-corrected chi connectivity index (χ3v) is 4.86. The molecule has 1 heterocycles. The van der Waals surface area contributed by atoms with E-state index >= 15 is 0 Å². The summed E-state index contributed by atoms with van der Waals surface area (Å²) in [5.74, 6) is -0.174. The van der Waals surface area contributed by atoms with Crippen LogP contribution in [0.25, 0.3) is 0 Å². The largest absolute Gasteiger partial charge is 0.388 e. The molecule has 1 saturated carbocycles. The van der Waals surface area contributed by atoms with E-state index in [2.05, 4.69) is 4.90 Å². The molecule has 1 aliphatic carbocycles. The molecule has 2 nitrogen and oxygen atoms in total. The van der Waals surface area contributed by atoms with Gasteiger partial charge in [0.05, 0.1) is 6.10 Å². The molecule has 2 fully saturated rings. The Morgan fingerprint density at radius 2 is 1.90 bits per heavy atom. The highest BCUT2D eigenvalue weighted by molar-refractivity contribution is 5.21. The lowest BCUT2D eigenvalue weighted by Crippen LogP contribution is -2.24. The Balaban J connectivity index is 1.55. The summed E-state index contributed by atoms with van der Waals surface area (Å²) in [7, 11) is 0. The fourth-order valence-electron chi connectivity index (χ4n) is 3.75. The van der Waals surface area contributed by atoms with E-state index in [-0.39, 0.29) is 5.56 Å². The molecule has 1 aliphatic heterocycles. The Hall–Kier alpha value is -1.00. The Bertz CT molecular complexity index is 468. The average Bonchev–Trinajstić information content (AvgIpc) is 3.00. The first-order chi connectivity index (χ1) is 9.65. The minimum atomic E-state index is -0.925. The molecule has 1 aromatic carbocycles. The zero-order valence-corrected chi connectivity index (χ0v) is 11.6. The van der Waals surface area contributed by atoms with Crippen LogP contribution in [0.1, 0.15) is 37.4 Å². The van der Waals surface area contributed by atoms with E-state index in [0.717, 1.165) is 37.5 Å². The van der Waals surface area contributed by atoms with Crippen LogP contribution in [0.3, 0.4) is 0 Å². The Morgan fingerprint density at radius 1 is 1.20 bits per heavy atom. The predicted molar refractivity (Wildman–Crippen MR) is 73.2 cm³/mol. The van der Waals surface area contributed by atoms with Crippen molar-refractivity contribution in [3.63, 3.8) is 0 Å². The van der Waals surface area contributed by atoms with Gasteiger partial charge in [0.15, 0.2) is 11.6 Å². The van der Waals surface area contributed by atoms with E-state index in [9.17, 15) is 13.9 Å². The van der Waals surface area contributed by atoms with Crippen LogP contribution >= 0.6 is 0 Å². The lowest BCUT2D eigenvalue weighted by atomic mass is 10.0. The fraction of sp³-hybridized carbons (Fsp3) is 0.625. The molecule has 0 bridgehead atoms. The van der Waals surface area contributed by atoms with Crippen LogP contribution in [0.4, 0.5) is 8.78 Å². The van der Waals surface area contributed by atoms with Gasteiger partial charge >= 0.3 is 0 Å². The molecule has 1 saturated heterocycles. The number of aliphatic hydroxyl groups is 1. The van der Waals surface area contributed by atoms with E-state index < -0.39 is 17.7 Å². The molecule has 2 aliphatic rings. The number of nitrogens with zero attached hydrogens (tertiary/aromatic N) is 1. The van der Waals surface area contributed by atoms with Gasteiger partial charge in [-0.05, 0) is 37.2 Å². The smallest absolute Gasteiger partial charge is 0.164 e. The summed E-state index contributed by atoms with van der Waals surface area (Å²) in [5, 5.41) is 10.1. The first kappa shape index (κ1) is 14.0. The van der Waals surface area contributed by atoms with Crippen LogP contribution in [0.5, 0.6) is 0 Å². The standard InChI is InChI=1S/C16H21F2NO/c17-14-6-2-5-13(16(14)18)15(20)7-8-19-9-11-3-1-4-12(11)10-19/h2,5-6,11-12,15,20H,1,3-4,7-10H2. The maximum Gasteiger partial charge on any atom is 0.164 e. The summed E-state index contributed by atoms with van der Waals surface area (Å²) < 4.78 is 26.7. The van der Waals surface area contributed by atoms with Crippen molar-refractivity contribution < 1.29 is 13.9 Å². The van der Waals surface area contributed by atoms with Gasteiger partial charge in [-0.1, -0.05) is 18.6 Å². The van der Waals surface area contributed by atoms with Crippen molar-refractivity contribution in [3.8, 4) is 0 Å². The maximum absolute atomic E-state index is 13.6. The number of benzene rings is 1. The SMILES string of the molecule is OC(CCN1CC2CCCC2C1)c1cccc(F)c1F. The van der Waals surface area contributed by atoms with E-state index in [1.165, 1.54) is 31.4 Å². The van der Waals surface area contributed by atoms with Crippen molar-refractivity contribution in [2.75, 3.05) is 19.6 Å². The van der Waals surface area contributed by atoms with Crippen LogP contribution in [0, 0.1) is 23.5 Å². The molecule has 0 aromatic heterocycles. The van der Waals surface area contributed by atoms with Crippen molar-refractivity contribution in [3.05, 3.63) is 35.4 Å². The molecule has 0 amide bonds. The molecule has 4 heteroatoms. The number of hydrogen-bond acceptors (Lipinski definition) is 2. The summed E-state index contributed by atoms with van der Waals surface area (Å²) in [6.45, 7) is 2.95. The van der Waals surface area contributed by atoms with Gasteiger partial charge in [0, 0.05) is 25.2 Å².